The number of fused-ring (bicyclic) bond motifs is 2. The molecule has 0 radical (unpaired) electrons. The SMILES string of the molecule is CO/N=C1\CCOc2cccc(C(=O)c3cc4ccccc4o3)c21. The number of hydrogen-bond donors (Lipinski definition) is 0. The van der Waals surface area contributed by atoms with Gasteiger partial charge in [0, 0.05) is 17.4 Å². The van der Waals surface area contributed by atoms with Gasteiger partial charge in [-0.1, -0.05) is 29.4 Å². The van der Waals surface area contributed by atoms with E-state index >= 15 is 0 Å². The highest BCUT2D eigenvalue weighted by Gasteiger charge is 2.26. The van der Waals surface area contributed by atoms with Gasteiger partial charge >= 0.3 is 0 Å². The molecule has 5 heteroatoms. The van der Waals surface area contributed by atoms with Gasteiger partial charge in [-0.25, -0.2) is 0 Å². The van der Waals surface area contributed by atoms with Crippen LogP contribution in [0.1, 0.15) is 28.1 Å². The average Bonchev–Trinajstić information content (AvgIpc) is 3.05. The highest BCUT2D eigenvalue weighted by molar-refractivity contribution is 6.18. The summed E-state index contributed by atoms with van der Waals surface area (Å²) in [5.41, 5.74) is 2.57. The molecule has 0 fully saturated rings. The fraction of sp³-hybridized carbons (Fsp3) is 0.158. The zero-order valence-corrected chi connectivity index (χ0v) is 13.1. The van der Waals surface area contributed by atoms with Gasteiger partial charge in [0.15, 0.2) is 5.76 Å². The van der Waals surface area contributed by atoms with E-state index in [1.807, 2.05) is 30.3 Å². The quantitative estimate of drug-likeness (QED) is 0.544. The largest absolute Gasteiger partial charge is 0.492 e. The lowest BCUT2D eigenvalue weighted by molar-refractivity contribution is 0.101. The van der Waals surface area contributed by atoms with E-state index in [0.717, 1.165) is 5.39 Å². The van der Waals surface area contributed by atoms with Crippen LogP contribution in [0.2, 0.25) is 0 Å². The maximum Gasteiger partial charge on any atom is 0.229 e. The minimum Gasteiger partial charge on any atom is -0.492 e. The Hall–Kier alpha value is -3.08. The van der Waals surface area contributed by atoms with E-state index in [1.165, 1.54) is 7.11 Å². The van der Waals surface area contributed by atoms with Crippen LogP contribution in [0, 0.1) is 0 Å². The Balaban J connectivity index is 1.84. The van der Waals surface area contributed by atoms with Gasteiger partial charge in [-0.05, 0) is 24.3 Å². The molecule has 0 atom stereocenters. The second-order valence-corrected chi connectivity index (χ2v) is 5.48. The Morgan fingerprint density at radius 3 is 2.88 bits per heavy atom. The number of ether oxygens (including phenoxy) is 1. The fourth-order valence-electron chi connectivity index (χ4n) is 2.95. The number of nitrogens with zero attached hydrogens (tertiary/aromatic N) is 1. The lowest BCUT2D eigenvalue weighted by atomic mass is 9.94. The predicted octanol–water partition coefficient (Wildman–Crippen LogP) is 3.80. The Bertz CT molecular complexity index is 922. The van der Waals surface area contributed by atoms with E-state index in [2.05, 4.69) is 5.16 Å². The van der Waals surface area contributed by atoms with Crippen LogP contribution >= 0.6 is 0 Å². The van der Waals surface area contributed by atoms with E-state index < -0.39 is 0 Å². The number of ketones is 1. The molecule has 0 bridgehead atoms. The summed E-state index contributed by atoms with van der Waals surface area (Å²) < 4.78 is 11.4. The smallest absolute Gasteiger partial charge is 0.229 e. The standard InChI is InChI=1S/C19H15NO4/c1-22-20-14-9-10-23-16-8-4-6-13(18(14)16)19(21)17-11-12-5-2-3-7-15(12)24-17/h2-8,11H,9-10H2,1H3/b20-14+. The molecule has 5 nitrogen and oxygen atoms in total. The van der Waals surface area contributed by atoms with Crippen LogP contribution in [0.4, 0.5) is 0 Å². The van der Waals surface area contributed by atoms with Crippen molar-refractivity contribution in [1.29, 1.82) is 0 Å². The van der Waals surface area contributed by atoms with Crippen LogP contribution in [-0.4, -0.2) is 25.2 Å². The predicted molar refractivity (Wildman–Crippen MR) is 89.7 cm³/mol. The topological polar surface area (TPSA) is 61.0 Å². The third kappa shape index (κ3) is 2.34. The molecule has 0 saturated heterocycles. The number of benzene rings is 2. The van der Waals surface area contributed by atoms with Crippen LogP contribution in [-0.2, 0) is 4.84 Å². The van der Waals surface area contributed by atoms with Crippen LogP contribution in [0.3, 0.4) is 0 Å². The summed E-state index contributed by atoms with van der Waals surface area (Å²) in [5.74, 6) is 0.739. The van der Waals surface area contributed by atoms with Crippen LogP contribution in [0.15, 0.2) is 58.1 Å². The summed E-state index contributed by atoms with van der Waals surface area (Å²) in [6, 6.07) is 14.7. The van der Waals surface area contributed by atoms with Gasteiger partial charge in [0.1, 0.15) is 18.4 Å². The fourth-order valence-corrected chi connectivity index (χ4v) is 2.95. The molecule has 0 spiro atoms. The van der Waals surface area contributed by atoms with Crippen molar-refractivity contribution in [1.82, 2.24) is 0 Å². The first kappa shape index (κ1) is 14.5. The molecule has 1 aliphatic heterocycles. The first-order chi connectivity index (χ1) is 11.8. The van der Waals surface area contributed by atoms with Crippen molar-refractivity contribution in [3.63, 3.8) is 0 Å². The summed E-state index contributed by atoms with van der Waals surface area (Å²) in [6.07, 6.45) is 0.589. The van der Waals surface area contributed by atoms with E-state index in [0.29, 0.717) is 47.0 Å². The molecule has 0 unspecified atom stereocenters. The number of hydrogen-bond acceptors (Lipinski definition) is 5. The Labute approximate surface area is 138 Å². The Kier molecular flexibility index (Phi) is 3.54. The van der Waals surface area contributed by atoms with E-state index in [-0.39, 0.29) is 5.78 Å². The van der Waals surface area contributed by atoms with Crippen molar-refractivity contribution >= 4 is 22.5 Å². The highest BCUT2D eigenvalue weighted by Crippen LogP contribution is 2.31. The molecule has 0 N–H and O–H groups in total. The van der Waals surface area contributed by atoms with Gasteiger partial charge in [0.05, 0.1) is 17.9 Å². The molecule has 0 amide bonds. The second kappa shape index (κ2) is 5.85. The van der Waals surface area contributed by atoms with Gasteiger partial charge in [0.25, 0.3) is 0 Å². The summed E-state index contributed by atoms with van der Waals surface area (Å²) >= 11 is 0. The van der Waals surface area contributed by atoms with Gasteiger partial charge in [-0.2, -0.15) is 0 Å². The van der Waals surface area contributed by atoms with Crippen molar-refractivity contribution in [3.8, 4) is 5.75 Å². The highest BCUT2D eigenvalue weighted by atomic mass is 16.6. The molecule has 4 rings (SSSR count). The summed E-state index contributed by atoms with van der Waals surface area (Å²) in [4.78, 5) is 17.9. The van der Waals surface area contributed by atoms with E-state index in [1.54, 1.807) is 18.2 Å². The van der Waals surface area contributed by atoms with Crippen LogP contribution in [0.5, 0.6) is 5.75 Å². The van der Waals surface area contributed by atoms with Crippen molar-refractivity contribution in [3.05, 3.63) is 65.4 Å². The number of carbonyl (C=O) groups excluding carboxylic acids is 1. The molecule has 120 valence electrons. The van der Waals surface area contributed by atoms with Gasteiger partial charge < -0.3 is 14.0 Å². The molecule has 2 heterocycles. The maximum absolute atomic E-state index is 13.0. The minimum absolute atomic E-state index is 0.197. The van der Waals surface area contributed by atoms with Gasteiger partial charge in [-0.15, -0.1) is 0 Å². The van der Waals surface area contributed by atoms with Gasteiger partial charge in [0.2, 0.25) is 5.78 Å². The van der Waals surface area contributed by atoms with Crippen molar-refractivity contribution in [2.75, 3.05) is 13.7 Å². The molecular formula is C19H15NO4. The average molecular weight is 321 g/mol. The number of carbonyl (C=O) groups is 1. The first-order valence-corrected chi connectivity index (χ1v) is 7.67. The van der Waals surface area contributed by atoms with E-state index in [9.17, 15) is 4.79 Å². The Morgan fingerprint density at radius 2 is 2.04 bits per heavy atom. The van der Waals surface area contributed by atoms with Crippen LogP contribution < -0.4 is 4.74 Å². The molecule has 24 heavy (non-hydrogen) atoms. The number of furan rings is 1. The zero-order chi connectivity index (χ0) is 16.5. The molecule has 1 aromatic heterocycles. The molecular weight excluding hydrogens is 306 g/mol. The summed E-state index contributed by atoms with van der Waals surface area (Å²) in [5, 5.41) is 4.95. The third-order valence-electron chi connectivity index (χ3n) is 4.01. The number of para-hydroxylation sites is 1. The second-order valence-electron chi connectivity index (χ2n) is 5.48. The van der Waals surface area contributed by atoms with Crippen LogP contribution in [0.25, 0.3) is 11.0 Å². The zero-order valence-electron chi connectivity index (χ0n) is 13.1. The van der Waals surface area contributed by atoms with Crippen molar-refractivity contribution in [2.24, 2.45) is 5.16 Å². The number of oxime groups is 1. The molecule has 0 aliphatic carbocycles. The number of rotatable bonds is 3. The summed E-state index contributed by atoms with van der Waals surface area (Å²) in [6.45, 7) is 0.511. The van der Waals surface area contributed by atoms with E-state index in [4.69, 9.17) is 14.0 Å². The Morgan fingerprint density at radius 1 is 1.17 bits per heavy atom. The van der Waals surface area contributed by atoms with Crippen molar-refractivity contribution < 1.29 is 18.8 Å². The maximum atomic E-state index is 13.0. The third-order valence-corrected chi connectivity index (χ3v) is 4.01. The normalized spacial score (nSPS) is 15.1. The van der Waals surface area contributed by atoms with Gasteiger partial charge in [-0.3, -0.25) is 4.79 Å². The molecule has 1 aliphatic rings. The lowest BCUT2D eigenvalue weighted by Gasteiger charge is -2.20. The minimum atomic E-state index is -0.197. The lowest BCUT2D eigenvalue weighted by Crippen LogP contribution is -2.20. The first-order valence-electron chi connectivity index (χ1n) is 7.67. The summed E-state index contributed by atoms with van der Waals surface area (Å²) in [7, 11) is 1.49. The monoisotopic (exact) mass is 321 g/mol. The molecule has 0 saturated carbocycles. The van der Waals surface area contributed by atoms with Crippen molar-refractivity contribution in [2.45, 2.75) is 6.42 Å². The molecule has 2 aromatic carbocycles. The molecule has 3 aromatic rings.